The molecule has 1 N–H and O–H groups in total. The van der Waals surface area contributed by atoms with Gasteiger partial charge in [-0.05, 0) is 32.5 Å². The minimum Gasteiger partial charge on any atom is -0.311 e. The lowest BCUT2D eigenvalue weighted by molar-refractivity contribution is 0.568. The fourth-order valence-corrected chi connectivity index (χ4v) is 2.65. The van der Waals surface area contributed by atoms with Crippen molar-refractivity contribution in [2.45, 2.75) is 26.3 Å². The molecule has 0 saturated heterocycles. The van der Waals surface area contributed by atoms with Gasteiger partial charge in [-0.25, -0.2) is 0 Å². The van der Waals surface area contributed by atoms with Crippen LogP contribution >= 0.6 is 11.3 Å². The van der Waals surface area contributed by atoms with Crippen molar-refractivity contribution < 1.29 is 0 Å². The smallest absolute Gasteiger partial charge is 0.166 e. The van der Waals surface area contributed by atoms with Gasteiger partial charge in [0.05, 0.1) is 6.04 Å². The highest BCUT2D eigenvalue weighted by Gasteiger charge is 2.14. The zero-order valence-corrected chi connectivity index (χ0v) is 11.1. The first-order valence-corrected chi connectivity index (χ1v) is 6.51. The summed E-state index contributed by atoms with van der Waals surface area (Å²) in [4.78, 5) is 4.46. The molecule has 0 aliphatic carbocycles. The van der Waals surface area contributed by atoms with Gasteiger partial charge in [-0.3, -0.25) is 4.98 Å². The van der Waals surface area contributed by atoms with E-state index in [0.717, 1.165) is 27.8 Å². The number of nitrogens with one attached hydrogen (secondary N) is 1. The molecule has 0 saturated carbocycles. The molecule has 0 radical (unpaired) electrons. The van der Waals surface area contributed by atoms with Crippen LogP contribution in [-0.4, -0.2) is 22.2 Å². The van der Waals surface area contributed by atoms with Gasteiger partial charge in [0.2, 0.25) is 0 Å². The van der Waals surface area contributed by atoms with E-state index in [0.29, 0.717) is 0 Å². The number of pyridine rings is 1. The molecule has 0 aromatic carbocycles. The Morgan fingerprint density at radius 1 is 1.35 bits per heavy atom. The average Bonchev–Trinajstić information content (AvgIpc) is 2.80. The first kappa shape index (κ1) is 12.1. The molecule has 2 aromatic rings. The minimum atomic E-state index is 0.283. The van der Waals surface area contributed by atoms with E-state index in [1.807, 2.05) is 32.2 Å². The van der Waals surface area contributed by atoms with Crippen LogP contribution in [0.2, 0.25) is 0 Å². The van der Waals surface area contributed by atoms with E-state index < -0.39 is 0 Å². The van der Waals surface area contributed by atoms with Crippen molar-refractivity contribution in [1.29, 1.82) is 0 Å². The third-order valence-corrected chi connectivity index (χ3v) is 3.66. The number of rotatable bonds is 4. The summed E-state index contributed by atoms with van der Waals surface area (Å²) in [6.07, 6.45) is 1.01. The minimum absolute atomic E-state index is 0.283. The molecule has 0 amide bonds. The normalized spacial score (nSPS) is 12.6. The summed E-state index contributed by atoms with van der Waals surface area (Å²) in [7, 11) is 1.94. The van der Waals surface area contributed by atoms with Crippen molar-refractivity contribution in [2.24, 2.45) is 0 Å². The molecule has 1 unspecified atom stereocenters. The summed E-state index contributed by atoms with van der Waals surface area (Å²) < 4.78 is 0. The molecule has 0 bridgehead atoms. The summed E-state index contributed by atoms with van der Waals surface area (Å²) in [6, 6.07) is 6.23. The lowest BCUT2D eigenvalue weighted by atomic mass is 10.2. The molecule has 2 rings (SSSR count). The Balaban J connectivity index is 2.29. The molecule has 4 nitrogen and oxygen atoms in total. The van der Waals surface area contributed by atoms with Gasteiger partial charge in [-0.2, -0.15) is 0 Å². The molecular formula is C12H16N4S. The van der Waals surface area contributed by atoms with Crippen molar-refractivity contribution in [3.8, 4) is 10.7 Å². The van der Waals surface area contributed by atoms with Gasteiger partial charge in [0.1, 0.15) is 10.7 Å². The Bertz CT molecular complexity index is 491. The Labute approximate surface area is 105 Å². The zero-order valence-electron chi connectivity index (χ0n) is 10.3. The number of aromatic nitrogens is 3. The Morgan fingerprint density at radius 2 is 2.18 bits per heavy atom. The van der Waals surface area contributed by atoms with Gasteiger partial charge in [-0.15, -0.1) is 10.2 Å². The molecule has 0 fully saturated rings. The summed E-state index contributed by atoms with van der Waals surface area (Å²) >= 11 is 1.60. The molecule has 5 heteroatoms. The van der Waals surface area contributed by atoms with Gasteiger partial charge < -0.3 is 5.32 Å². The summed E-state index contributed by atoms with van der Waals surface area (Å²) in [5.74, 6) is 0. The predicted octanol–water partition coefficient (Wildman–Crippen LogP) is 2.58. The summed E-state index contributed by atoms with van der Waals surface area (Å²) in [6.45, 7) is 4.11. The number of hydrogen-bond donors (Lipinski definition) is 1. The topological polar surface area (TPSA) is 50.7 Å². The molecule has 2 heterocycles. The predicted molar refractivity (Wildman–Crippen MR) is 70.0 cm³/mol. The molecular weight excluding hydrogens is 232 g/mol. The van der Waals surface area contributed by atoms with Crippen LogP contribution in [0.4, 0.5) is 0 Å². The molecule has 1 atom stereocenters. The molecule has 17 heavy (non-hydrogen) atoms. The molecule has 0 aliphatic rings. The van der Waals surface area contributed by atoms with Gasteiger partial charge in [-0.1, -0.05) is 24.3 Å². The highest BCUT2D eigenvalue weighted by Crippen LogP contribution is 2.26. The van der Waals surface area contributed by atoms with E-state index in [2.05, 4.69) is 27.4 Å². The Hall–Kier alpha value is -1.33. The Morgan fingerprint density at radius 3 is 2.82 bits per heavy atom. The fourth-order valence-electron chi connectivity index (χ4n) is 1.64. The molecule has 2 aromatic heterocycles. The second-order valence-electron chi connectivity index (χ2n) is 3.86. The first-order valence-electron chi connectivity index (χ1n) is 5.69. The van der Waals surface area contributed by atoms with E-state index >= 15 is 0 Å². The van der Waals surface area contributed by atoms with Crippen LogP contribution in [0, 0.1) is 6.92 Å². The second kappa shape index (κ2) is 5.33. The van der Waals surface area contributed by atoms with Crippen LogP contribution in [0.3, 0.4) is 0 Å². The van der Waals surface area contributed by atoms with Gasteiger partial charge in [0.25, 0.3) is 0 Å². The van der Waals surface area contributed by atoms with Crippen LogP contribution in [0.5, 0.6) is 0 Å². The standard InChI is InChI=1S/C12H16N4S/c1-4-9(13-3)11-15-16-12(17-11)10-7-5-6-8(2)14-10/h5-7,9,13H,4H2,1-3H3. The van der Waals surface area contributed by atoms with Crippen molar-refractivity contribution in [2.75, 3.05) is 7.05 Å². The SMILES string of the molecule is CCC(NC)c1nnc(-c2cccc(C)n2)s1. The van der Waals surface area contributed by atoms with Crippen molar-refractivity contribution in [3.05, 3.63) is 28.9 Å². The van der Waals surface area contributed by atoms with E-state index in [4.69, 9.17) is 0 Å². The van der Waals surface area contributed by atoms with Crippen LogP contribution < -0.4 is 5.32 Å². The van der Waals surface area contributed by atoms with Crippen molar-refractivity contribution in [3.63, 3.8) is 0 Å². The number of hydrogen-bond acceptors (Lipinski definition) is 5. The third kappa shape index (κ3) is 2.68. The summed E-state index contributed by atoms with van der Waals surface area (Å²) in [5.41, 5.74) is 1.90. The summed E-state index contributed by atoms with van der Waals surface area (Å²) in [5, 5.41) is 13.6. The van der Waals surface area contributed by atoms with Crippen LogP contribution in [0.15, 0.2) is 18.2 Å². The highest BCUT2D eigenvalue weighted by atomic mass is 32.1. The maximum absolute atomic E-state index is 4.46. The van der Waals surface area contributed by atoms with Crippen molar-refractivity contribution in [1.82, 2.24) is 20.5 Å². The molecule has 0 aliphatic heterocycles. The maximum Gasteiger partial charge on any atom is 0.166 e. The lowest BCUT2D eigenvalue weighted by Crippen LogP contribution is -2.14. The van der Waals surface area contributed by atoms with Crippen LogP contribution in [0.1, 0.15) is 30.1 Å². The molecule has 90 valence electrons. The van der Waals surface area contributed by atoms with E-state index in [-0.39, 0.29) is 6.04 Å². The highest BCUT2D eigenvalue weighted by molar-refractivity contribution is 7.14. The quantitative estimate of drug-likeness (QED) is 0.903. The van der Waals surface area contributed by atoms with Crippen LogP contribution in [-0.2, 0) is 0 Å². The number of nitrogens with zero attached hydrogens (tertiary/aromatic N) is 3. The molecule has 0 spiro atoms. The van der Waals surface area contributed by atoms with E-state index in [1.165, 1.54) is 0 Å². The number of aryl methyl sites for hydroxylation is 1. The monoisotopic (exact) mass is 248 g/mol. The van der Waals surface area contributed by atoms with Gasteiger partial charge in [0.15, 0.2) is 5.01 Å². The average molecular weight is 248 g/mol. The van der Waals surface area contributed by atoms with Crippen molar-refractivity contribution >= 4 is 11.3 Å². The van der Waals surface area contributed by atoms with Gasteiger partial charge >= 0.3 is 0 Å². The maximum atomic E-state index is 4.46. The lowest BCUT2D eigenvalue weighted by Gasteiger charge is -2.07. The van der Waals surface area contributed by atoms with E-state index in [1.54, 1.807) is 11.3 Å². The second-order valence-corrected chi connectivity index (χ2v) is 4.87. The largest absolute Gasteiger partial charge is 0.311 e. The van der Waals surface area contributed by atoms with E-state index in [9.17, 15) is 0 Å². The fraction of sp³-hybridized carbons (Fsp3) is 0.417. The van der Waals surface area contributed by atoms with Gasteiger partial charge in [0, 0.05) is 5.69 Å². The zero-order chi connectivity index (χ0) is 12.3. The first-order chi connectivity index (χ1) is 8.24. The van der Waals surface area contributed by atoms with Crippen LogP contribution in [0.25, 0.3) is 10.7 Å². The Kier molecular flexibility index (Phi) is 3.81. The third-order valence-electron chi connectivity index (χ3n) is 2.60.